The highest BCUT2D eigenvalue weighted by Crippen LogP contribution is 2.28. The van der Waals surface area contributed by atoms with E-state index in [4.69, 9.17) is 9.72 Å². The van der Waals surface area contributed by atoms with E-state index in [9.17, 15) is 9.59 Å². The van der Waals surface area contributed by atoms with Gasteiger partial charge in [-0.05, 0) is 49.4 Å². The minimum Gasteiger partial charge on any atom is -0.376 e. The van der Waals surface area contributed by atoms with Gasteiger partial charge in [-0.1, -0.05) is 50.6 Å². The summed E-state index contributed by atoms with van der Waals surface area (Å²) in [4.78, 5) is 41.4. The predicted molar refractivity (Wildman–Crippen MR) is 141 cm³/mol. The van der Waals surface area contributed by atoms with Gasteiger partial charge in [0.15, 0.2) is 0 Å². The number of amides is 1. The van der Waals surface area contributed by atoms with E-state index in [-0.39, 0.29) is 24.1 Å². The number of aromatic nitrogens is 3. The second-order valence-electron chi connectivity index (χ2n) is 9.38. The van der Waals surface area contributed by atoms with Crippen LogP contribution >= 0.6 is 0 Å². The van der Waals surface area contributed by atoms with E-state index in [1.807, 2.05) is 42.5 Å². The van der Waals surface area contributed by atoms with E-state index < -0.39 is 0 Å². The molecule has 1 atom stereocenters. The van der Waals surface area contributed by atoms with E-state index >= 15 is 0 Å². The van der Waals surface area contributed by atoms with Crippen LogP contribution < -0.4 is 5.56 Å². The van der Waals surface area contributed by atoms with Crippen molar-refractivity contribution < 1.29 is 9.53 Å². The molecule has 7 heteroatoms. The van der Waals surface area contributed by atoms with E-state index in [0.29, 0.717) is 41.9 Å². The number of hydrogen-bond acceptors (Lipinski definition) is 5. The van der Waals surface area contributed by atoms with Crippen molar-refractivity contribution >= 4 is 27.7 Å². The van der Waals surface area contributed by atoms with E-state index in [1.54, 1.807) is 11.0 Å². The highest BCUT2D eigenvalue weighted by atomic mass is 16.5. The summed E-state index contributed by atoms with van der Waals surface area (Å²) >= 11 is 0. The fraction of sp³-hybridized carbons (Fsp3) is 0.379. The standard InChI is InChI=1S/C29H32N4O3/c1-3-10-23-20(4-2)27(21-12-5-7-14-24(21)30-23)29(35)33(17-19-11-9-16-36-19)18-26-31-25-15-8-6-13-22(25)28(34)32-26/h5-8,12-15,19H,3-4,9-11,16-18H2,1-2H3,(H,31,32,34). The van der Waals surface area contributed by atoms with Crippen LogP contribution in [0.1, 0.15) is 60.5 Å². The van der Waals surface area contributed by atoms with E-state index in [0.717, 1.165) is 47.8 Å². The Morgan fingerprint density at radius 2 is 1.78 bits per heavy atom. The fourth-order valence-corrected chi connectivity index (χ4v) is 5.17. The average molecular weight is 485 g/mol. The van der Waals surface area contributed by atoms with Gasteiger partial charge in [-0.15, -0.1) is 0 Å². The minimum atomic E-state index is -0.200. The first kappa shape index (κ1) is 24.1. The monoisotopic (exact) mass is 484 g/mol. The topological polar surface area (TPSA) is 88.2 Å². The van der Waals surface area contributed by atoms with Gasteiger partial charge in [0.05, 0.1) is 34.6 Å². The molecule has 1 fully saturated rings. The number of carbonyl (C=O) groups is 1. The molecule has 0 aliphatic carbocycles. The Hall–Kier alpha value is -3.58. The number of nitrogens with zero attached hydrogens (tertiary/aromatic N) is 3. The smallest absolute Gasteiger partial charge is 0.258 e. The number of pyridine rings is 1. The largest absolute Gasteiger partial charge is 0.376 e. The van der Waals surface area contributed by atoms with Crippen molar-refractivity contribution in [1.29, 1.82) is 0 Å². The van der Waals surface area contributed by atoms with Crippen molar-refractivity contribution in [3.63, 3.8) is 0 Å². The number of benzene rings is 2. The summed E-state index contributed by atoms with van der Waals surface area (Å²) in [5, 5.41) is 1.40. The molecule has 0 bridgehead atoms. The second-order valence-corrected chi connectivity index (χ2v) is 9.38. The number of fused-ring (bicyclic) bond motifs is 2. The van der Waals surface area contributed by atoms with Gasteiger partial charge in [0, 0.05) is 24.2 Å². The Bertz CT molecular complexity index is 1460. The van der Waals surface area contributed by atoms with Gasteiger partial charge in [-0.25, -0.2) is 4.98 Å². The molecular weight excluding hydrogens is 452 g/mol. The summed E-state index contributed by atoms with van der Waals surface area (Å²) in [6.45, 7) is 5.55. The molecule has 1 N–H and O–H groups in total. The maximum absolute atomic E-state index is 14.4. The molecule has 2 aromatic carbocycles. The third-order valence-corrected chi connectivity index (χ3v) is 6.87. The molecule has 36 heavy (non-hydrogen) atoms. The molecule has 1 unspecified atom stereocenters. The molecule has 1 amide bonds. The maximum atomic E-state index is 14.4. The van der Waals surface area contributed by atoms with Crippen LogP contribution in [0.25, 0.3) is 21.8 Å². The number of aromatic amines is 1. The molecule has 1 aliphatic heterocycles. The summed E-state index contributed by atoms with van der Waals surface area (Å²) in [5.41, 5.74) is 3.93. The Kier molecular flexibility index (Phi) is 7.09. The summed E-state index contributed by atoms with van der Waals surface area (Å²) in [7, 11) is 0. The molecule has 186 valence electrons. The summed E-state index contributed by atoms with van der Waals surface area (Å²) in [5.74, 6) is 0.393. The lowest BCUT2D eigenvalue weighted by Gasteiger charge is -2.27. The second kappa shape index (κ2) is 10.6. The van der Waals surface area contributed by atoms with Crippen molar-refractivity contribution in [3.8, 4) is 0 Å². The number of H-pyrrole nitrogens is 1. The van der Waals surface area contributed by atoms with Crippen LogP contribution in [0, 0.1) is 0 Å². The van der Waals surface area contributed by atoms with Crippen LogP contribution in [0.5, 0.6) is 0 Å². The lowest BCUT2D eigenvalue weighted by atomic mass is 9.95. The molecule has 1 aliphatic rings. The number of ether oxygens (including phenoxy) is 1. The molecular formula is C29H32N4O3. The molecule has 0 radical (unpaired) electrons. The molecule has 3 heterocycles. The van der Waals surface area contributed by atoms with Crippen LogP contribution in [0.4, 0.5) is 0 Å². The Morgan fingerprint density at radius 1 is 1.06 bits per heavy atom. The minimum absolute atomic E-state index is 0.0329. The fourth-order valence-electron chi connectivity index (χ4n) is 5.17. The van der Waals surface area contributed by atoms with Crippen molar-refractivity contribution in [2.24, 2.45) is 0 Å². The third kappa shape index (κ3) is 4.75. The lowest BCUT2D eigenvalue weighted by molar-refractivity contribution is 0.0502. The summed E-state index contributed by atoms with van der Waals surface area (Å²) in [6, 6.07) is 15.1. The van der Waals surface area contributed by atoms with Crippen LogP contribution in [-0.4, -0.2) is 45.0 Å². The van der Waals surface area contributed by atoms with Gasteiger partial charge in [-0.3, -0.25) is 14.6 Å². The molecule has 1 saturated heterocycles. The first-order valence-corrected chi connectivity index (χ1v) is 12.9. The molecule has 4 aromatic rings. The Morgan fingerprint density at radius 3 is 2.47 bits per heavy atom. The molecule has 7 nitrogen and oxygen atoms in total. The van der Waals surface area contributed by atoms with E-state index in [2.05, 4.69) is 23.8 Å². The molecule has 2 aromatic heterocycles. The van der Waals surface area contributed by atoms with Gasteiger partial charge in [-0.2, -0.15) is 0 Å². The van der Waals surface area contributed by atoms with Gasteiger partial charge >= 0.3 is 0 Å². The quantitative estimate of drug-likeness (QED) is 0.388. The van der Waals surface area contributed by atoms with Crippen molar-refractivity contribution in [2.75, 3.05) is 13.2 Å². The summed E-state index contributed by atoms with van der Waals surface area (Å²) < 4.78 is 5.91. The normalized spacial score (nSPS) is 15.6. The molecule has 0 spiro atoms. The number of rotatable bonds is 8. The van der Waals surface area contributed by atoms with Crippen molar-refractivity contribution in [3.05, 3.63) is 81.5 Å². The first-order chi connectivity index (χ1) is 17.6. The zero-order chi connectivity index (χ0) is 25.1. The molecule has 0 saturated carbocycles. The third-order valence-electron chi connectivity index (χ3n) is 6.87. The van der Waals surface area contributed by atoms with Crippen LogP contribution in [0.2, 0.25) is 0 Å². The van der Waals surface area contributed by atoms with Crippen molar-refractivity contribution in [2.45, 2.75) is 58.6 Å². The average Bonchev–Trinajstić information content (AvgIpc) is 3.40. The highest BCUT2D eigenvalue weighted by molar-refractivity contribution is 6.07. The Balaban J connectivity index is 1.61. The molecule has 5 rings (SSSR count). The number of hydrogen-bond donors (Lipinski definition) is 1. The van der Waals surface area contributed by atoms with Crippen LogP contribution in [0.15, 0.2) is 53.3 Å². The van der Waals surface area contributed by atoms with E-state index in [1.165, 1.54) is 0 Å². The number of aryl methyl sites for hydroxylation is 1. The maximum Gasteiger partial charge on any atom is 0.258 e. The lowest BCUT2D eigenvalue weighted by Crippen LogP contribution is -2.38. The first-order valence-electron chi connectivity index (χ1n) is 12.9. The predicted octanol–water partition coefficient (Wildman–Crippen LogP) is 4.81. The number of para-hydroxylation sites is 2. The zero-order valence-electron chi connectivity index (χ0n) is 20.9. The van der Waals surface area contributed by atoms with Gasteiger partial charge in [0.1, 0.15) is 5.82 Å². The zero-order valence-corrected chi connectivity index (χ0v) is 20.9. The summed E-state index contributed by atoms with van der Waals surface area (Å²) in [6.07, 6.45) is 4.34. The highest BCUT2D eigenvalue weighted by Gasteiger charge is 2.28. The van der Waals surface area contributed by atoms with Gasteiger partial charge in [0.2, 0.25) is 0 Å². The van der Waals surface area contributed by atoms with Gasteiger partial charge < -0.3 is 14.6 Å². The van der Waals surface area contributed by atoms with Crippen LogP contribution in [0.3, 0.4) is 0 Å². The van der Waals surface area contributed by atoms with Gasteiger partial charge in [0.25, 0.3) is 11.5 Å². The SMILES string of the molecule is CCCc1nc2ccccc2c(C(=O)N(Cc2nc3ccccc3c(=O)[nH]2)CC2CCCO2)c1CC. The number of nitrogens with one attached hydrogen (secondary N) is 1. The van der Waals surface area contributed by atoms with Crippen molar-refractivity contribution in [1.82, 2.24) is 19.9 Å². The number of carbonyl (C=O) groups excluding carboxylic acids is 1. The van der Waals surface area contributed by atoms with Crippen LogP contribution in [-0.2, 0) is 24.1 Å². The Labute approximate surface area is 210 Å².